The topological polar surface area (TPSA) is 75.5 Å². The third-order valence-corrected chi connectivity index (χ3v) is 4.12. The van der Waals surface area contributed by atoms with Gasteiger partial charge in [0.25, 0.3) is 5.69 Å². The molecule has 128 valence electrons. The van der Waals surface area contributed by atoms with Gasteiger partial charge in [-0.3, -0.25) is 14.9 Å². The second-order valence-electron chi connectivity index (χ2n) is 5.89. The Hall–Kier alpha value is -3.15. The van der Waals surface area contributed by atoms with Crippen molar-refractivity contribution in [2.45, 2.75) is 12.8 Å². The van der Waals surface area contributed by atoms with Crippen LogP contribution in [-0.4, -0.2) is 23.9 Å². The third kappa shape index (κ3) is 4.23. The molecular formula is C19H19N3O3. The van der Waals surface area contributed by atoms with Crippen molar-refractivity contribution >= 4 is 29.0 Å². The van der Waals surface area contributed by atoms with Crippen LogP contribution in [-0.2, 0) is 4.79 Å². The lowest BCUT2D eigenvalue weighted by molar-refractivity contribution is -0.384. The second kappa shape index (κ2) is 7.61. The number of hydrogen-bond acceptors (Lipinski definition) is 4. The molecule has 1 saturated heterocycles. The molecule has 1 heterocycles. The SMILES string of the molecule is O=C(C=Cc1cccc([N+](=O)[O-])c1)Nc1ccccc1N1CCCC1. The molecule has 0 atom stereocenters. The lowest BCUT2D eigenvalue weighted by Gasteiger charge is -2.21. The Labute approximate surface area is 145 Å². The summed E-state index contributed by atoms with van der Waals surface area (Å²) in [5.41, 5.74) is 2.41. The zero-order chi connectivity index (χ0) is 17.6. The number of nitrogens with zero attached hydrogens (tertiary/aromatic N) is 2. The highest BCUT2D eigenvalue weighted by Gasteiger charge is 2.15. The maximum atomic E-state index is 12.2. The van der Waals surface area contributed by atoms with E-state index in [1.807, 2.05) is 24.3 Å². The first-order chi connectivity index (χ1) is 12.1. The zero-order valence-electron chi connectivity index (χ0n) is 13.7. The van der Waals surface area contributed by atoms with Crippen LogP contribution in [0.2, 0.25) is 0 Å². The van der Waals surface area contributed by atoms with Crippen LogP contribution in [0.5, 0.6) is 0 Å². The maximum absolute atomic E-state index is 12.2. The Morgan fingerprint density at radius 1 is 1.12 bits per heavy atom. The molecule has 1 fully saturated rings. The van der Waals surface area contributed by atoms with E-state index in [0.717, 1.165) is 37.3 Å². The zero-order valence-corrected chi connectivity index (χ0v) is 13.7. The number of para-hydroxylation sites is 2. The Morgan fingerprint density at radius 3 is 2.64 bits per heavy atom. The predicted molar refractivity (Wildman–Crippen MR) is 98.6 cm³/mol. The van der Waals surface area contributed by atoms with Crippen molar-refractivity contribution in [1.29, 1.82) is 0 Å². The Bertz CT molecular complexity index is 811. The maximum Gasteiger partial charge on any atom is 0.270 e. The number of nitro benzene ring substituents is 1. The van der Waals surface area contributed by atoms with Crippen LogP contribution in [0.3, 0.4) is 0 Å². The van der Waals surface area contributed by atoms with E-state index < -0.39 is 4.92 Å². The molecule has 2 aromatic carbocycles. The lowest BCUT2D eigenvalue weighted by Crippen LogP contribution is -2.20. The lowest BCUT2D eigenvalue weighted by atomic mass is 10.2. The van der Waals surface area contributed by atoms with Gasteiger partial charge in [-0.15, -0.1) is 0 Å². The number of non-ortho nitro benzene ring substituents is 1. The molecule has 3 rings (SSSR count). The van der Waals surface area contributed by atoms with E-state index >= 15 is 0 Å². The van der Waals surface area contributed by atoms with Gasteiger partial charge in [0.2, 0.25) is 5.91 Å². The van der Waals surface area contributed by atoms with Crippen LogP contribution < -0.4 is 10.2 Å². The number of rotatable bonds is 5. The van der Waals surface area contributed by atoms with Crippen molar-refractivity contribution in [3.63, 3.8) is 0 Å². The fourth-order valence-electron chi connectivity index (χ4n) is 2.90. The Kier molecular flexibility index (Phi) is 5.09. The van der Waals surface area contributed by atoms with Crippen molar-refractivity contribution in [3.05, 3.63) is 70.3 Å². The molecule has 6 heteroatoms. The van der Waals surface area contributed by atoms with Crippen LogP contribution in [0.15, 0.2) is 54.6 Å². The molecule has 0 spiro atoms. The molecular weight excluding hydrogens is 318 g/mol. The largest absolute Gasteiger partial charge is 0.370 e. The first kappa shape index (κ1) is 16.7. The monoisotopic (exact) mass is 337 g/mol. The summed E-state index contributed by atoms with van der Waals surface area (Å²) in [6.07, 6.45) is 5.28. The first-order valence-electron chi connectivity index (χ1n) is 8.21. The van der Waals surface area contributed by atoms with Gasteiger partial charge >= 0.3 is 0 Å². The van der Waals surface area contributed by atoms with Gasteiger partial charge in [-0.1, -0.05) is 24.3 Å². The molecule has 0 unspecified atom stereocenters. The average Bonchev–Trinajstić information content (AvgIpc) is 3.15. The summed E-state index contributed by atoms with van der Waals surface area (Å²) in [5, 5.41) is 13.7. The number of nitrogens with one attached hydrogen (secondary N) is 1. The molecule has 0 aromatic heterocycles. The van der Waals surface area contributed by atoms with Crippen LogP contribution >= 0.6 is 0 Å². The summed E-state index contributed by atoms with van der Waals surface area (Å²) in [4.78, 5) is 24.8. The van der Waals surface area contributed by atoms with E-state index in [9.17, 15) is 14.9 Å². The number of amides is 1. The molecule has 0 saturated carbocycles. The minimum Gasteiger partial charge on any atom is -0.370 e. The van der Waals surface area contributed by atoms with Gasteiger partial charge in [0.05, 0.1) is 16.3 Å². The number of carbonyl (C=O) groups excluding carboxylic acids is 1. The van der Waals surface area contributed by atoms with E-state index in [0.29, 0.717) is 5.56 Å². The fourth-order valence-corrected chi connectivity index (χ4v) is 2.90. The van der Waals surface area contributed by atoms with Crippen molar-refractivity contribution < 1.29 is 9.72 Å². The average molecular weight is 337 g/mol. The number of nitro groups is 1. The number of benzene rings is 2. The van der Waals surface area contributed by atoms with Gasteiger partial charge in [-0.25, -0.2) is 0 Å². The van der Waals surface area contributed by atoms with Crippen LogP contribution in [0, 0.1) is 10.1 Å². The van der Waals surface area contributed by atoms with E-state index in [1.165, 1.54) is 18.2 Å². The number of hydrogen-bond donors (Lipinski definition) is 1. The number of anilines is 2. The van der Waals surface area contributed by atoms with Gasteiger partial charge in [0.1, 0.15) is 0 Å². The van der Waals surface area contributed by atoms with E-state index in [2.05, 4.69) is 10.2 Å². The van der Waals surface area contributed by atoms with Gasteiger partial charge < -0.3 is 10.2 Å². The van der Waals surface area contributed by atoms with Crippen molar-refractivity contribution in [2.24, 2.45) is 0 Å². The highest BCUT2D eigenvalue weighted by atomic mass is 16.6. The highest BCUT2D eigenvalue weighted by Crippen LogP contribution is 2.28. The fraction of sp³-hybridized carbons (Fsp3) is 0.211. The van der Waals surface area contributed by atoms with E-state index in [4.69, 9.17) is 0 Å². The summed E-state index contributed by atoms with van der Waals surface area (Å²) in [5.74, 6) is -0.266. The standard InChI is InChI=1S/C19H19N3O3/c23-19(11-10-15-6-5-7-16(14-15)22(24)25)20-17-8-1-2-9-18(17)21-12-3-4-13-21/h1-2,5-11,14H,3-4,12-13H2,(H,20,23). The van der Waals surface area contributed by atoms with Gasteiger partial charge in [-0.05, 0) is 36.6 Å². The highest BCUT2D eigenvalue weighted by molar-refractivity contribution is 6.03. The Balaban J connectivity index is 1.71. The van der Waals surface area contributed by atoms with Gasteiger partial charge in [0.15, 0.2) is 0 Å². The molecule has 0 bridgehead atoms. The summed E-state index contributed by atoms with van der Waals surface area (Å²) >= 11 is 0. The minimum atomic E-state index is -0.455. The predicted octanol–water partition coefficient (Wildman–Crippen LogP) is 3.85. The quantitative estimate of drug-likeness (QED) is 0.511. The van der Waals surface area contributed by atoms with Gasteiger partial charge in [0, 0.05) is 31.3 Å². The Morgan fingerprint density at radius 2 is 1.88 bits per heavy atom. The summed E-state index contributed by atoms with van der Waals surface area (Å²) in [6.45, 7) is 1.99. The minimum absolute atomic E-state index is 0.00179. The molecule has 2 aromatic rings. The molecule has 6 nitrogen and oxygen atoms in total. The molecule has 25 heavy (non-hydrogen) atoms. The summed E-state index contributed by atoms with van der Waals surface area (Å²) < 4.78 is 0. The smallest absolute Gasteiger partial charge is 0.270 e. The van der Waals surface area contributed by atoms with Crippen molar-refractivity contribution in [1.82, 2.24) is 0 Å². The first-order valence-corrected chi connectivity index (χ1v) is 8.21. The van der Waals surface area contributed by atoms with Crippen LogP contribution in [0.25, 0.3) is 6.08 Å². The summed E-state index contributed by atoms with van der Waals surface area (Å²) in [6, 6.07) is 13.9. The van der Waals surface area contributed by atoms with Crippen LogP contribution in [0.1, 0.15) is 18.4 Å². The molecule has 1 N–H and O–H groups in total. The van der Waals surface area contributed by atoms with E-state index in [1.54, 1.807) is 18.2 Å². The van der Waals surface area contributed by atoms with Crippen LogP contribution in [0.4, 0.5) is 17.1 Å². The third-order valence-electron chi connectivity index (χ3n) is 4.12. The van der Waals surface area contributed by atoms with E-state index in [-0.39, 0.29) is 11.6 Å². The second-order valence-corrected chi connectivity index (χ2v) is 5.89. The van der Waals surface area contributed by atoms with Gasteiger partial charge in [-0.2, -0.15) is 0 Å². The van der Waals surface area contributed by atoms with Crippen molar-refractivity contribution in [3.8, 4) is 0 Å². The summed E-state index contributed by atoms with van der Waals surface area (Å²) in [7, 11) is 0. The normalized spacial score (nSPS) is 14.0. The molecule has 1 aliphatic heterocycles. The molecule has 1 aliphatic rings. The molecule has 0 aliphatic carbocycles. The number of carbonyl (C=O) groups is 1. The molecule has 1 amide bonds. The molecule has 0 radical (unpaired) electrons. The van der Waals surface area contributed by atoms with Crippen molar-refractivity contribution in [2.75, 3.05) is 23.3 Å².